The Kier molecular flexibility index (Phi) is 58.8. The van der Waals surface area contributed by atoms with Crippen molar-refractivity contribution in [2.75, 3.05) is 39.6 Å². The third-order valence-electron chi connectivity index (χ3n) is 12.8. The number of allylic oxidation sites excluding steroid dienone is 22. The molecule has 0 saturated carbocycles. The fourth-order valence-electron chi connectivity index (χ4n) is 7.92. The molecule has 4 N–H and O–H groups in total. The number of hydrogen-bond acceptors (Lipinski definition) is 14. The van der Waals surface area contributed by atoms with Crippen LogP contribution in [0.5, 0.6) is 0 Å². The van der Waals surface area contributed by atoms with Crippen molar-refractivity contribution in [2.45, 2.75) is 245 Å². The number of phosphoric acid groups is 2. The average Bonchev–Trinajstić information content (AvgIpc) is 3.68. The lowest BCUT2D eigenvalue weighted by Crippen LogP contribution is -2.30. The Morgan fingerprint density at radius 2 is 0.621 bits per heavy atom. The maximum atomic E-state index is 12.9. The van der Waals surface area contributed by atoms with E-state index >= 15 is 0 Å². The van der Waals surface area contributed by atoms with Gasteiger partial charge in [-0.2, -0.15) is 0 Å². The molecule has 0 amide bonds. The number of esters is 3. The number of hydrogen-bond donors (Lipinski definition) is 4. The minimum atomic E-state index is -4.94. The number of carbonyl (C=O) groups excluding carboxylic acids is 3. The van der Waals surface area contributed by atoms with Crippen molar-refractivity contribution in [1.82, 2.24) is 0 Å². The summed E-state index contributed by atoms with van der Waals surface area (Å²) in [5.41, 5.74) is 0. The summed E-state index contributed by atoms with van der Waals surface area (Å²) in [4.78, 5) is 58.3. The van der Waals surface area contributed by atoms with Crippen LogP contribution in [0.15, 0.2) is 134 Å². The summed E-state index contributed by atoms with van der Waals surface area (Å²) in [5.74, 6) is -1.68. The smallest absolute Gasteiger partial charge is 0.463 e. The second-order valence-electron chi connectivity index (χ2n) is 21.1. The summed E-state index contributed by atoms with van der Waals surface area (Å²) in [6.45, 7) is 2.28. The minimum Gasteiger partial charge on any atom is -0.463 e. The molecule has 16 nitrogen and oxygen atoms in total. The van der Waals surface area contributed by atoms with Gasteiger partial charge in [-0.15, -0.1) is 0 Å². The summed E-state index contributed by atoms with van der Waals surface area (Å²) in [6.07, 6.45) is 70.8. The zero-order valence-corrected chi connectivity index (χ0v) is 55.2. The number of unbranched alkanes of at least 4 members (excludes halogenated alkanes) is 15. The molecular formula is C69H114O16P2. The van der Waals surface area contributed by atoms with Crippen LogP contribution in [0.4, 0.5) is 0 Å². The Labute approximate surface area is 525 Å². The lowest BCUT2D eigenvalue weighted by Gasteiger charge is -2.21. The molecule has 0 aliphatic rings. The topological polar surface area (TPSA) is 231 Å². The average molecular weight is 1260 g/mol. The third-order valence-corrected chi connectivity index (χ3v) is 14.7. The highest BCUT2D eigenvalue weighted by Gasteiger charge is 2.29. The first-order valence-corrected chi connectivity index (χ1v) is 35.5. The second kappa shape index (κ2) is 61.9. The Bertz CT molecular complexity index is 2120. The highest BCUT2D eigenvalue weighted by molar-refractivity contribution is 7.47. The van der Waals surface area contributed by atoms with Crippen LogP contribution in [0.2, 0.25) is 0 Å². The zero-order valence-electron chi connectivity index (χ0n) is 53.4. The van der Waals surface area contributed by atoms with Gasteiger partial charge in [-0.3, -0.25) is 32.5 Å². The van der Waals surface area contributed by atoms with Crippen molar-refractivity contribution in [3.8, 4) is 0 Å². The molecule has 0 radical (unpaired) electrons. The number of rotatable bonds is 60. The summed E-state index contributed by atoms with van der Waals surface area (Å²) in [5, 5.41) is 20.5. The molecule has 0 spiro atoms. The highest BCUT2D eigenvalue weighted by atomic mass is 31.2. The van der Waals surface area contributed by atoms with E-state index in [0.717, 1.165) is 141 Å². The largest absolute Gasteiger partial charge is 0.472 e. The van der Waals surface area contributed by atoms with Crippen LogP contribution in [0.1, 0.15) is 226 Å². The van der Waals surface area contributed by atoms with E-state index in [1.165, 1.54) is 19.3 Å². The Balaban J connectivity index is 4.77. The van der Waals surface area contributed by atoms with E-state index in [-0.39, 0.29) is 19.3 Å². The van der Waals surface area contributed by atoms with Gasteiger partial charge in [0, 0.05) is 19.3 Å². The van der Waals surface area contributed by atoms with Gasteiger partial charge < -0.3 is 34.2 Å². The van der Waals surface area contributed by atoms with Crippen molar-refractivity contribution in [2.24, 2.45) is 0 Å². The van der Waals surface area contributed by atoms with E-state index in [2.05, 4.69) is 142 Å². The molecule has 0 aliphatic carbocycles. The van der Waals surface area contributed by atoms with Crippen LogP contribution in [0.25, 0.3) is 0 Å². The predicted octanol–water partition coefficient (Wildman–Crippen LogP) is 17.6. The predicted molar refractivity (Wildman–Crippen MR) is 353 cm³/mol. The SMILES string of the molecule is CC/C=C\C/C=C\C/C=C\C/C=C\C/C=C\CCCC(=O)OCC(COP(=O)(O)OCC(O)COP(=O)(O)OCC(O)COC(=O)CCCCCCCC/C=C\C/C=C\C/C=C\C/C=C\CC)OC(=O)CCCCCCC/C=C\C/C=C\CCCCC. The van der Waals surface area contributed by atoms with Crippen molar-refractivity contribution in [1.29, 1.82) is 0 Å². The van der Waals surface area contributed by atoms with Crippen LogP contribution in [-0.4, -0.2) is 95.9 Å². The van der Waals surface area contributed by atoms with E-state index in [4.69, 9.17) is 32.3 Å². The molecule has 496 valence electrons. The lowest BCUT2D eigenvalue weighted by atomic mass is 10.1. The number of aliphatic hydroxyl groups excluding tert-OH is 2. The summed E-state index contributed by atoms with van der Waals surface area (Å²) < 4.78 is 60.7. The number of carbonyl (C=O) groups is 3. The van der Waals surface area contributed by atoms with Crippen molar-refractivity contribution in [3.05, 3.63) is 134 Å². The summed E-state index contributed by atoms with van der Waals surface area (Å²) in [7, 11) is -9.80. The highest BCUT2D eigenvalue weighted by Crippen LogP contribution is 2.45. The molecule has 0 aromatic rings. The second-order valence-corrected chi connectivity index (χ2v) is 24.1. The Hall–Kier alpha value is -4.31. The lowest BCUT2D eigenvalue weighted by molar-refractivity contribution is -0.161. The standard InChI is InChI=1S/C69H114O16P2/c1-4-7-10-13-16-19-22-25-28-30-31-33-36-37-40-43-46-49-52-55-67(72)79-58-64(70)59-81-86(75,76)82-60-65(71)61-83-87(77,78)84-63-66(85-69(74)57-54-51-48-45-42-39-34-27-24-21-18-15-12-9-6-3)62-80-68(73)56-53-50-47-44-41-38-35-32-29-26-23-20-17-14-11-8-5-2/h7-8,10-11,16-21,25-29,31,33-35,38,44,47,64-66,70-71H,4-6,9,12-15,22-24,30,32,36-37,39-43,45-46,48-63H2,1-3H3,(H,75,76)(H,77,78)/b10-7-,11-8-,19-16-,20-17-,21-18-,28-25-,29-26-,33-31-,34-27-,38-35-,47-44-. The molecule has 87 heavy (non-hydrogen) atoms. The van der Waals surface area contributed by atoms with Crippen molar-refractivity contribution >= 4 is 33.6 Å². The van der Waals surface area contributed by atoms with E-state index < -0.39 is 91.5 Å². The third kappa shape index (κ3) is 63.1. The van der Waals surface area contributed by atoms with Crippen LogP contribution in [-0.2, 0) is 55.8 Å². The fraction of sp³-hybridized carbons (Fsp3) is 0.638. The van der Waals surface area contributed by atoms with E-state index in [0.29, 0.717) is 25.7 Å². The molecule has 0 fully saturated rings. The summed E-state index contributed by atoms with van der Waals surface area (Å²) in [6, 6.07) is 0. The molecular weight excluding hydrogens is 1150 g/mol. The van der Waals surface area contributed by atoms with Gasteiger partial charge in [0.05, 0.1) is 26.4 Å². The molecule has 0 aromatic heterocycles. The normalized spacial score (nSPS) is 15.2. The van der Waals surface area contributed by atoms with Crippen LogP contribution < -0.4 is 0 Å². The number of phosphoric ester groups is 2. The van der Waals surface area contributed by atoms with Crippen LogP contribution in [0, 0.1) is 0 Å². The van der Waals surface area contributed by atoms with Gasteiger partial charge in [0.2, 0.25) is 0 Å². The van der Waals surface area contributed by atoms with E-state index in [1.807, 2.05) is 12.2 Å². The summed E-state index contributed by atoms with van der Waals surface area (Å²) >= 11 is 0. The van der Waals surface area contributed by atoms with Crippen molar-refractivity contribution < 1.29 is 75.8 Å². The van der Waals surface area contributed by atoms with Gasteiger partial charge in [0.15, 0.2) is 6.10 Å². The first-order chi connectivity index (χ1) is 42.2. The van der Waals surface area contributed by atoms with Gasteiger partial charge in [-0.1, -0.05) is 212 Å². The molecule has 0 aliphatic heterocycles. The zero-order chi connectivity index (χ0) is 63.8. The number of ether oxygens (including phenoxy) is 3. The maximum absolute atomic E-state index is 12.9. The maximum Gasteiger partial charge on any atom is 0.472 e. The van der Waals surface area contributed by atoms with Crippen LogP contribution in [0.3, 0.4) is 0 Å². The fourth-order valence-corrected chi connectivity index (χ4v) is 9.50. The van der Waals surface area contributed by atoms with Crippen molar-refractivity contribution in [3.63, 3.8) is 0 Å². The van der Waals surface area contributed by atoms with E-state index in [1.54, 1.807) is 0 Å². The molecule has 0 bridgehead atoms. The van der Waals surface area contributed by atoms with Crippen LogP contribution >= 0.6 is 15.6 Å². The van der Waals surface area contributed by atoms with Gasteiger partial charge in [0.25, 0.3) is 0 Å². The first-order valence-electron chi connectivity index (χ1n) is 32.5. The Morgan fingerprint density at radius 1 is 0.333 bits per heavy atom. The monoisotopic (exact) mass is 1260 g/mol. The molecule has 0 aromatic carbocycles. The molecule has 5 atom stereocenters. The quantitative estimate of drug-likeness (QED) is 0.0146. The first kappa shape index (κ1) is 82.7. The Morgan fingerprint density at radius 3 is 1.01 bits per heavy atom. The van der Waals surface area contributed by atoms with E-state index in [9.17, 15) is 43.5 Å². The molecule has 0 heterocycles. The molecule has 0 rings (SSSR count). The molecule has 5 unspecified atom stereocenters. The molecule has 0 saturated heterocycles. The van der Waals surface area contributed by atoms with Gasteiger partial charge in [-0.05, 0) is 128 Å². The van der Waals surface area contributed by atoms with Gasteiger partial charge >= 0.3 is 33.6 Å². The van der Waals surface area contributed by atoms with Gasteiger partial charge in [0.1, 0.15) is 25.4 Å². The van der Waals surface area contributed by atoms with Gasteiger partial charge in [-0.25, -0.2) is 9.13 Å². The molecule has 18 heteroatoms. The minimum absolute atomic E-state index is 0.0718. The number of aliphatic hydroxyl groups is 2.